The molecule has 0 bridgehead atoms. The fourth-order valence-electron chi connectivity index (χ4n) is 2.97. The van der Waals surface area contributed by atoms with Gasteiger partial charge in [-0.05, 0) is 25.0 Å². The Hall–Kier alpha value is -1.06. The molecule has 0 amide bonds. The minimum atomic E-state index is 0.318. The molecule has 0 radical (unpaired) electrons. The fraction of sp³-hybridized carbons (Fsp3) is 0.625. The van der Waals surface area contributed by atoms with Crippen molar-refractivity contribution in [3.8, 4) is 5.75 Å². The first-order chi connectivity index (χ1) is 9.30. The maximum Gasteiger partial charge on any atom is 0.119 e. The van der Waals surface area contributed by atoms with Crippen LogP contribution in [0.2, 0.25) is 0 Å². The molecule has 1 N–H and O–H groups in total. The highest BCUT2D eigenvalue weighted by Gasteiger charge is 2.35. The van der Waals surface area contributed by atoms with Crippen molar-refractivity contribution in [3.05, 3.63) is 30.3 Å². The van der Waals surface area contributed by atoms with Gasteiger partial charge in [-0.1, -0.05) is 32.0 Å². The van der Waals surface area contributed by atoms with Crippen LogP contribution in [0.3, 0.4) is 0 Å². The lowest BCUT2D eigenvalue weighted by Crippen LogP contribution is -2.61. The third-order valence-electron chi connectivity index (χ3n) is 4.37. The molecule has 1 aliphatic rings. The van der Waals surface area contributed by atoms with Gasteiger partial charge in [-0.15, -0.1) is 0 Å². The average molecular weight is 262 g/mol. The van der Waals surface area contributed by atoms with Crippen molar-refractivity contribution in [2.45, 2.75) is 32.2 Å². The van der Waals surface area contributed by atoms with Gasteiger partial charge >= 0.3 is 0 Å². The third-order valence-corrected chi connectivity index (χ3v) is 4.37. The summed E-state index contributed by atoms with van der Waals surface area (Å²) < 4.78 is 5.83. The molecule has 1 heterocycles. The summed E-state index contributed by atoms with van der Waals surface area (Å²) in [6, 6.07) is 10.1. The monoisotopic (exact) mass is 262 g/mol. The van der Waals surface area contributed by atoms with Crippen molar-refractivity contribution in [1.29, 1.82) is 0 Å². The van der Waals surface area contributed by atoms with Crippen molar-refractivity contribution < 1.29 is 4.74 Å². The average Bonchev–Trinajstić information content (AvgIpc) is 2.49. The van der Waals surface area contributed by atoms with Crippen LogP contribution in [-0.4, -0.2) is 43.2 Å². The second-order valence-corrected chi connectivity index (χ2v) is 5.26. The summed E-state index contributed by atoms with van der Waals surface area (Å²) in [5.41, 5.74) is 0.318. The molecular formula is C16H26N2O. The number of hydrogen-bond donors (Lipinski definition) is 1. The number of para-hydroxylation sites is 1. The van der Waals surface area contributed by atoms with Crippen LogP contribution in [0.4, 0.5) is 0 Å². The third kappa shape index (κ3) is 3.48. The zero-order valence-electron chi connectivity index (χ0n) is 12.2. The minimum absolute atomic E-state index is 0.318. The molecule has 0 spiro atoms. The van der Waals surface area contributed by atoms with Gasteiger partial charge < -0.3 is 10.1 Å². The van der Waals surface area contributed by atoms with Gasteiger partial charge in [0.25, 0.3) is 0 Å². The Kier molecular flexibility index (Phi) is 5.23. The van der Waals surface area contributed by atoms with Gasteiger partial charge in [-0.3, -0.25) is 4.90 Å². The molecular weight excluding hydrogens is 236 g/mol. The van der Waals surface area contributed by atoms with Crippen LogP contribution in [0.1, 0.15) is 26.7 Å². The van der Waals surface area contributed by atoms with Gasteiger partial charge in [0.05, 0.1) is 0 Å². The van der Waals surface area contributed by atoms with E-state index in [0.717, 1.165) is 38.5 Å². The predicted molar refractivity (Wildman–Crippen MR) is 79.7 cm³/mol. The van der Waals surface area contributed by atoms with E-state index in [2.05, 4.69) is 24.1 Å². The minimum Gasteiger partial charge on any atom is -0.492 e. The van der Waals surface area contributed by atoms with Crippen LogP contribution in [0.15, 0.2) is 30.3 Å². The van der Waals surface area contributed by atoms with Gasteiger partial charge in [0, 0.05) is 31.7 Å². The Morgan fingerprint density at radius 3 is 2.63 bits per heavy atom. The van der Waals surface area contributed by atoms with Crippen molar-refractivity contribution in [2.24, 2.45) is 0 Å². The molecule has 1 aromatic rings. The molecule has 1 saturated heterocycles. The van der Waals surface area contributed by atoms with Crippen molar-refractivity contribution >= 4 is 0 Å². The molecule has 3 heteroatoms. The van der Waals surface area contributed by atoms with Crippen molar-refractivity contribution in [3.63, 3.8) is 0 Å². The summed E-state index contributed by atoms with van der Waals surface area (Å²) >= 11 is 0. The van der Waals surface area contributed by atoms with E-state index in [0.29, 0.717) is 5.54 Å². The number of nitrogens with one attached hydrogen (secondary N) is 1. The lowest BCUT2D eigenvalue weighted by Gasteiger charge is -2.47. The zero-order valence-corrected chi connectivity index (χ0v) is 12.2. The highest BCUT2D eigenvalue weighted by molar-refractivity contribution is 5.20. The normalized spacial score (nSPS) is 19.3. The highest BCUT2D eigenvalue weighted by Crippen LogP contribution is 2.25. The smallest absolute Gasteiger partial charge is 0.119 e. The summed E-state index contributed by atoms with van der Waals surface area (Å²) in [7, 11) is 0. The molecule has 2 rings (SSSR count). The lowest BCUT2D eigenvalue weighted by molar-refractivity contribution is 0.0403. The molecule has 0 atom stereocenters. The Morgan fingerprint density at radius 1 is 1.21 bits per heavy atom. The van der Waals surface area contributed by atoms with Crippen LogP contribution in [0.25, 0.3) is 0 Å². The van der Waals surface area contributed by atoms with Crippen molar-refractivity contribution in [2.75, 3.05) is 32.8 Å². The van der Waals surface area contributed by atoms with E-state index >= 15 is 0 Å². The van der Waals surface area contributed by atoms with Crippen LogP contribution >= 0.6 is 0 Å². The van der Waals surface area contributed by atoms with Gasteiger partial charge in [0.2, 0.25) is 0 Å². The Morgan fingerprint density at radius 2 is 1.95 bits per heavy atom. The van der Waals surface area contributed by atoms with E-state index in [-0.39, 0.29) is 0 Å². The first kappa shape index (κ1) is 14.4. The Balaban J connectivity index is 1.86. The number of ether oxygens (including phenoxy) is 1. The van der Waals surface area contributed by atoms with Gasteiger partial charge in [-0.25, -0.2) is 0 Å². The molecule has 1 aromatic carbocycles. The summed E-state index contributed by atoms with van der Waals surface area (Å²) in [5.74, 6) is 0.969. The highest BCUT2D eigenvalue weighted by atomic mass is 16.5. The second-order valence-electron chi connectivity index (χ2n) is 5.26. The summed E-state index contributed by atoms with van der Waals surface area (Å²) in [4.78, 5) is 2.60. The molecule has 0 aromatic heterocycles. The fourth-order valence-corrected chi connectivity index (χ4v) is 2.97. The van der Waals surface area contributed by atoms with Crippen LogP contribution in [0.5, 0.6) is 5.75 Å². The topological polar surface area (TPSA) is 24.5 Å². The van der Waals surface area contributed by atoms with Crippen LogP contribution < -0.4 is 10.1 Å². The zero-order chi connectivity index (χ0) is 13.6. The quantitative estimate of drug-likeness (QED) is 0.852. The predicted octanol–water partition coefficient (Wildman–Crippen LogP) is 2.53. The number of rotatable bonds is 6. The van der Waals surface area contributed by atoms with Gasteiger partial charge in [0.1, 0.15) is 12.4 Å². The van der Waals surface area contributed by atoms with Crippen molar-refractivity contribution in [1.82, 2.24) is 10.2 Å². The first-order valence-electron chi connectivity index (χ1n) is 7.44. The molecule has 106 valence electrons. The maximum absolute atomic E-state index is 5.83. The summed E-state index contributed by atoms with van der Waals surface area (Å²) in [5, 5.41) is 3.53. The molecule has 0 aliphatic carbocycles. The largest absolute Gasteiger partial charge is 0.492 e. The first-order valence-corrected chi connectivity index (χ1v) is 7.44. The Labute approximate surface area is 116 Å². The van der Waals surface area contributed by atoms with Crippen LogP contribution in [-0.2, 0) is 0 Å². The van der Waals surface area contributed by atoms with Gasteiger partial charge in [0.15, 0.2) is 0 Å². The maximum atomic E-state index is 5.83. The molecule has 0 saturated carbocycles. The molecule has 1 aliphatic heterocycles. The summed E-state index contributed by atoms with van der Waals surface area (Å²) in [6.45, 7) is 9.69. The van der Waals surface area contributed by atoms with E-state index < -0.39 is 0 Å². The number of piperazine rings is 1. The molecule has 3 nitrogen and oxygen atoms in total. The Bertz CT molecular complexity index is 362. The van der Waals surface area contributed by atoms with E-state index in [1.807, 2.05) is 30.3 Å². The van der Waals surface area contributed by atoms with E-state index in [4.69, 9.17) is 4.74 Å². The second kappa shape index (κ2) is 6.92. The molecule has 1 fully saturated rings. The van der Waals surface area contributed by atoms with Crippen LogP contribution in [0, 0.1) is 0 Å². The van der Waals surface area contributed by atoms with E-state index in [1.165, 1.54) is 12.8 Å². The number of nitrogens with zero attached hydrogens (tertiary/aromatic N) is 1. The van der Waals surface area contributed by atoms with E-state index in [9.17, 15) is 0 Å². The number of hydrogen-bond acceptors (Lipinski definition) is 3. The lowest BCUT2D eigenvalue weighted by atomic mass is 9.88. The molecule has 0 unspecified atom stereocenters. The molecule has 19 heavy (non-hydrogen) atoms. The summed E-state index contributed by atoms with van der Waals surface area (Å²) in [6.07, 6.45) is 2.39. The standard InChI is InChI=1S/C16H26N2O/c1-3-16(4-2)14-17-10-11-18(16)12-13-19-15-8-6-5-7-9-15/h5-9,17H,3-4,10-14H2,1-2H3. The SMILES string of the molecule is CCC1(CC)CNCCN1CCOc1ccccc1. The number of benzene rings is 1. The van der Waals surface area contributed by atoms with E-state index in [1.54, 1.807) is 0 Å². The van der Waals surface area contributed by atoms with Gasteiger partial charge in [-0.2, -0.15) is 0 Å².